The molecule has 2 atom stereocenters. The van der Waals surface area contributed by atoms with Gasteiger partial charge in [0.05, 0.1) is 7.11 Å². The molecule has 1 aromatic carbocycles. The number of hydrogen-bond acceptors (Lipinski definition) is 2. The number of rotatable bonds is 3. The predicted octanol–water partition coefficient (Wildman–Crippen LogP) is 2.74. The highest BCUT2D eigenvalue weighted by Gasteiger charge is 2.26. The van der Waals surface area contributed by atoms with Crippen molar-refractivity contribution in [2.75, 3.05) is 7.11 Å². The van der Waals surface area contributed by atoms with Crippen LogP contribution in [0.4, 0.5) is 0 Å². The van der Waals surface area contributed by atoms with Crippen LogP contribution in [-0.4, -0.2) is 23.9 Å². The molecule has 92 valence electrons. The van der Waals surface area contributed by atoms with Crippen LogP contribution in [0, 0.1) is 0 Å². The summed E-state index contributed by atoms with van der Waals surface area (Å²) in [5.41, 5.74) is 0.678. The molecule has 0 aliphatic heterocycles. The van der Waals surface area contributed by atoms with E-state index in [0.29, 0.717) is 10.4 Å². The van der Waals surface area contributed by atoms with Crippen LogP contribution in [0.15, 0.2) is 24.3 Å². The van der Waals surface area contributed by atoms with Crippen molar-refractivity contribution in [2.45, 2.75) is 30.1 Å². The van der Waals surface area contributed by atoms with E-state index in [1.54, 1.807) is 31.4 Å². The molecule has 17 heavy (non-hydrogen) atoms. The van der Waals surface area contributed by atoms with Crippen LogP contribution in [0.3, 0.4) is 0 Å². The SMILES string of the molecule is COc1ccc(C(=O)NC2CCCC2Br)cc1. The van der Waals surface area contributed by atoms with Crippen molar-refractivity contribution >= 4 is 21.8 Å². The van der Waals surface area contributed by atoms with Crippen LogP contribution in [0.5, 0.6) is 5.75 Å². The van der Waals surface area contributed by atoms with E-state index in [-0.39, 0.29) is 11.9 Å². The number of benzene rings is 1. The van der Waals surface area contributed by atoms with Gasteiger partial charge in [0.15, 0.2) is 0 Å². The zero-order valence-electron chi connectivity index (χ0n) is 9.78. The summed E-state index contributed by atoms with van der Waals surface area (Å²) >= 11 is 3.59. The Labute approximate surface area is 110 Å². The van der Waals surface area contributed by atoms with Gasteiger partial charge in [0.1, 0.15) is 5.75 Å². The number of amides is 1. The first-order chi connectivity index (χ1) is 8.20. The summed E-state index contributed by atoms with van der Waals surface area (Å²) < 4.78 is 5.06. The Kier molecular flexibility index (Phi) is 4.05. The fourth-order valence-electron chi connectivity index (χ4n) is 2.07. The molecule has 0 aromatic heterocycles. The predicted molar refractivity (Wildman–Crippen MR) is 70.8 cm³/mol. The Bertz CT molecular complexity index is 391. The number of methoxy groups -OCH3 is 1. The van der Waals surface area contributed by atoms with E-state index in [2.05, 4.69) is 21.2 Å². The third kappa shape index (κ3) is 3.00. The summed E-state index contributed by atoms with van der Waals surface area (Å²) in [6.07, 6.45) is 3.36. The lowest BCUT2D eigenvalue weighted by Crippen LogP contribution is -2.37. The van der Waals surface area contributed by atoms with Gasteiger partial charge in [0.2, 0.25) is 0 Å². The van der Waals surface area contributed by atoms with Crippen LogP contribution in [-0.2, 0) is 0 Å². The average molecular weight is 298 g/mol. The number of halogens is 1. The van der Waals surface area contributed by atoms with Gasteiger partial charge in [-0.25, -0.2) is 0 Å². The highest BCUT2D eigenvalue weighted by Crippen LogP contribution is 2.25. The molecule has 1 amide bonds. The van der Waals surface area contributed by atoms with Crippen molar-refractivity contribution in [3.05, 3.63) is 29.8 Å². The first kappa shape index (κ1) is 12.4. The second-order valence-corrected chi connectivity index (χ2v) is 5.43. The molecule has 2 rings (SSSR count). The molecule has 4 heteroatoms. The maximum absolute atomic E-state index is 12.0. The van der Waals surface area contributed by atoms with Gasteiger partial charge in [-0.2, -0.15) is 0 Å². The fourth-order valence-corrected chi connectivity index (χ4v) is 2.79. The van der Waals surface area contributed by atoms with Gasteiger partial charge in [0, 0.05) is 16.4 Å². The van der Waals surface area contributed by atoms with E-state index in [9.17, 15) is 4.79 Å². The molecule has 0 heterocycles. The molecule has 2 unspecified atom stereocenters. The van der Waals surface area contributed by atoms with Gasteiger partial charge in [-0.05, 0) is 37.1 Å². The lowest BCUT2D eigenvalue weighted by molar-refractivity contribution is 0.0939. The average Bonchev–Trinajstić information content (AvgIpc) is 2.75. The standard InChI is InChI=1S/C13H16BrNO2/c1-17-10-7-5-9(6-8-10)13(16)15-12-4-2-3-11(12)14/h5-8,11-12H,2-4H2,1H3,(H,15,16). The third-order valence-electron chi connectivity index (χ3n) is 3.10. The third-order valence-corrected chi connectivity index (χ3v) is 4.20. The van der Waals surface area contributed by atoms with Crippen molar-refractivity contribution in [3.63, 3.8) is 0 Å². The number of carbonyl (C=O) groups excluding carboxylic acids is 1. The topological polar surface area (TPSA) is 38.3 Å². The molecule has 0 radical (unpaired) electrons. The van der Waals surface area contributed by atoms with Crippen molar-refractivity contribution in [2.24, 2.45) is 0 Å². The summed E-state index contributed by atoms with van der Waals surface area (Å²) in [4.78, 5) is 12.4. The molecular weight excluding hydrogens is 282 g/mol. The van der Waals surface area contributed by atoms with E-state index in [1.807, 2.05) is 0 Å². The highest BCUT2D eigenvalue weighted by molar-refractivity contribution is 9.09. The van der Waals surface area contributed by atoms with E-state index >= 15 is 0 Å². The lowest BCUT2D eigenvalue weighted by atomic mass is 10.1. The van der Waals surface area contributed by atoms with Crippen molar-refractivity contribution < 1.29 is 9.53 Å². The quantitative estimate of drug-likeness (QED) is 0.871. The van der Waals surface area contributed by atoms with Crippen LogP contribution in [0.2, 0.25) is 0 Å². The molecule has 1 aliphatic carbocycles. The van der Waals surface area contributed by atoms with E-state index in [0.717, 1.165) is 18.6 Å². The maximum Gasteiger partial charge on any atom is 0.251 e. The number of alkyl halides is 1. The maximum atomic E-state index is 12.0. The monoisotopic (exact) mass is 297 g/mol. The van der Waals surface area contributed by atoms with Crippen LogP contribution < -0.4 is 10.1 Å². The van der Waals surface area contributed by atoms with Gasteiger partial charge in [-0.15, -0.1) is 0 Å². The second kappa shape index (κ2) is 5.54. The number of carbonyl (C=O) groups is 1. The van der Waals surface area contributed by atoms with E-state index in [1.165, 1.54) is 6.42 Å². The minimum atomic E-state index is -0.0102. The molecule has 0 spiro atoms. The second-order valence-electron chi connectivity index (χ2n) is 4.26. The molecule has 1 saturated carbocycles. The molecule has 1 fully saturated rings. The number of ether oxygens (including phenoxy) is 1. The summed E-state index contributed by atoms with van der Waals surface area (Å²) in [7, 11) is 1.61. The minimum absolute atomic E-state index is 0.0102. The number of nitrogens with one attached hydrogen (secondary N) is 1. The fraction of sp³-hybridized carbons (Fsp3) is 0.462. The van der Waals surface area contributed by atoms with Gasteiger partial charge in [-0.1, -0.05) is 22.4 Å². The summed E-state index contributed by atoms with van der Waals surface area (Å²) in [5, 5.41) is 3.06. The Hall–Kier alpha value is -1.03. The Morgan fingerprint density at radius 3 is 2.59 bits per heavy atom. The Balaban J connectivity index is 1.99. The summed E-state index contributed by atoms with van der Waals surface area (Å²) in [5.74, 6) is 0.754. The van der Waals surface area contributed by atoms with Gasteiger partial charge in [0.25, 0.3) is 5.91 Å². The van der Waals surface area contributed by atoms with Crippen molar-refractivity contribution in [1.29, 1.82) is 0 Å². The van der Waals surface area contributed by atoms with E-state index < -0.39 is 0 Å². The van der Waals surface area contributed by atoms with Gasteiger partial charge in [-0.3, -0.25) is 4.79 Å². The number of hydrogen-bond donors (Lipinski definition) is 1. The van der Waals surface area contributed by atoms with Crippen LogP contribution in [0.25, 0.3) is 0 Å². The minimum Gasteiger partial charge on any atom is -0.497 e. The Morgan fingerprint density at radius 1 is 1.35 bits per heavy atom. The van der Waals surface area contributed by atoms with Crippen LogP contribution >= 0.6 is 15.9 Å². The highest BCUT2D eigenvalue weighted by atomic mass is 79.9. The molecule has 0 bridgehead atoms. The van der Waals surface area contributed by atoms with Gasteiger partial charge >= 0.3 is 0 Å². The molecule has 1 aliphatic rings. The molecule has 3 nitrogen and oxygen atoms in total. The summed E-state index contributed by atoms with van der Waals surface area (Å²) in [6, 6.07) is 7.42. The first-order valence-corrected chi connectivity index (χ1v) is 6.71. The largest absolute Gasteiger partial charge is 0.497 e. The van der Waals surface area contributed by atoms with Crippen LogP contribution in [0.1, 0.15) is 29.6 Å². The summed E-state index contributed by atoms with van der Waals surface area (Å²) in [6.45, 7) is 0. The molecule has 0 saturated heterocycles. The Morgan fingerprint density at radius 2 is 2.06 bits per heavy atom. The normalized spacial score (nSPS) is 23.4. The van der Waals surface area contributed by atoms with Gasteiger partial charge < -0.3 is 10.1 Å². The molecule has 1 aromatic rings. The zero-order valence-corrected chi connectivity index (χ0v) is 11.4. The molecule has 1 N–H and O–H groups in total. The van der Waals surface area contributed by atoms with E-state index in [4.69, 9.17) is 4.74 Å². The first-order valence-electron chi connectivity index (χ1n) is 5.79. The lowest BCUT2D eigenvalue weighted by Gasteiger charge is -2.16. The molecular formula is C13H16BrNO2. The van der Waals surface area contributed by atoms with Crippen molar-refractivity contribution in [3.8, 4) is 5.75 Å². The smallest absolute Gasteiger partial charge is 0.251 e. The van der Waals surface area contributed by atoms with Crippen molar-refractivity contribution in [1.82, 2.24) is 5.32 Å². The zero-order chi connectivity index (χ0) is 12.3.